The van der Waals surface area contributed by atoms with Gasteiger partial charge in [0.1, 0.15) is 11.7 Å². The second-order valence-electron chi connectivity index (χ2n) is 6.50. The van der Waals surface area contributed by atoms with E-state index in [1.165, 1.54) is 12.1 Å². The van der Waals surface area contributed by atoms with Crippen LogP contribution in [0.3, 0.4) is 0 Å². The predicted octanol–water partition coefficient (Wildman–Crippen LogP) is 6.15. The lowest BCUT2D eigenvalue weighted by atomic mass is 9.78. The summed E-state index contributed by atoms with van der Waals surface area (Å²) < 4.78 is 45.3. The zero-order chi connectivity index (χ0) is 20.1. The molecular formula is C21H12ClF3N2O. The molecule has 1 aliphatic heterocycles. The molecule has 0 spiro atoms. The number of nitriles is 1. The molecule has 0 aromatic heterocycles. The fraction of sp³-hybridized carbons (Fsp3) is 0.143. The maximum absolute atomic E-state index is 13.2. The van der Waals surface area contributed by atoms with Crippen molar-refractivity contribution in [3.63, 3.8) is 0 Å². The zero-order valence-electron chi connectivity index (χ0n) is 14.2. The van der Waals surface area contributed by atoms with Gasteiger partial charge in [-0.25, -0.2) is 0 Å². The van der Waals surface area contributed by atoms with E-state index in [1.807, 2.05) is 6.07 Å². The van der Waals surface area contributed by atoms with Crippen LogP contribution in [0.5, 0.6) is 5.75 Å². The Balaban J connectivity index is 2.00. The highest BCUT2D eigenvalue weighted by atomic mass is 35.5. The summed E-state index contributed by atoms with van der Waals surface area (Å²) in [6.07, 6.45) is -4.51. The van der Waals surface area contributed by atoms with Gasteiger partial charge in [0.25, 0.3) is 0 Å². The number of benzene rings is 3. The van der Waals surface area contributed by atoms with E-state index >= 15 is 0 Å². The molecule has 1 heterocycles. The quantitative estimate of drug-likeness (QED) is 0.532. The largest absolute Gasteiger partial charge is 0.441 e. The van der Waals surface area contributed by atoms with E-state index in [0.29, 0.717) is 27.1 Å². The Hall–Kier alpha value is -3.04. The molecule has 0 bridgehead atoms. The van der Waals surface area contributed by atoms with Crippen LogP contribution in [0, 0.1) is 22.7 Å². The van der Waals surface area contributed by atoms with Gasteiger partial charge in [0, 0.05) is 27.3 Å². The molecule has 0 aliphatic carbocycles. The first kappa shape index (κ1) is 18.3. The molecular weight excluding hydrogens is 389 g/mol. The van der Waals surface area contributed by atoms with Gasteiger partial charge in [-0.2, -0.15) is 18.4 Å². The number of rotatable bonds is 1. The van der Waals surface area contributed by atoms with Crippen molar-refractivity contribution in [3.05, 3.63) is 76.3 Å². The molecule has 0 amide bonds. The first-order chi connectivity index (χ1) is 13.3. The van der Waals surface area contributed by atoms with Gasteiger partial charge in [-0.3, -0.25) is 5.41 Å². The van der Waals surface area contributed by atoms with Crippen LogP contribution >= 0.6 is 11.6 Å². The third-order valence-corrected chi connectivity index (χ3v) is 5.16. The van der Waals surface area contributed by atoms with Crippen molar-refractivity contribution in [3.8, 4) is 11.8 Å². The smallest absolute Gasteiger partial charge is 0.416 e. The van der Waals surface area contributed by atoms with Crippen LogP contribution in [0.1, 0.15) is 22.6 Å². The summed E-state index contributed by atoms with van der Waals surface area (Å²) >= 11 is 6.41. The summed E-state index contributed by atoms with van der Waals surface area (Å²) in [7, 11) is 0. The molecule has 0 saturated carbocycles. The van der Waals surface area contributed by atoms with Crippen molar-refractivity contribution in [1.29, 1.82) is 10.7 Å². The van der Waals surface area contributed by atoms with E-state index in [4.69, 9.17) is 21.7 Å². The van der Waals surface area contributed by atoms with Gasteiger partial charge in [0.2, 0.25) is 5.90 Å². The van der Waals surface area contributed by atoms with Crippen LogP contribution in [0.25, 0.3) is 10.8 Å². The van der Waals surface area contributed by atoms with Crippen molar-refractivity contribution in [2.75, 3.05) is 0 Å². The molecule has 28 heavy (non-hydrogen) atoms. The van der Waals surface area contributed by atoms with Crippen LogP contribution in [-0.4, -0.2) is 5.90 Å². The Bertz CT molecular complexity index is 1150. The van der Waals surface area contributed by atoms with Gasteiger partial charge in [0.05, 0.1) is 11.6 Å². The molecule has 2 atom stereocenters. The molecule has 7 heteroatoms. The van der Waals surface area contributed by atoms with Gasteiger partial charge < -0.3 is 4.74 Å². The van der Waals surface area contributed by atoms with Gasteiger partial charge in [-0.15, -0.1) is 0 Å². The summed E-state index contributed by atoms with van der Waals surface area (Å²) in [5.41, 5.74) is -0.0410. The number of nitrogens with zero attached hydrogens (tertiary/aromatic N) is 1. The molecule has 2 unspecified atom stereocenters. The highest BCUT2D eigenvalue weighted by Gasteiger charge is 2.39. The monoisotopic (exact) mass is 400 g/mol. The van der Waals surface area contributed by atoms with Crippen LogP contribution in [0.4, 0.5) is 13.2 Å². The first-order valence-electron chi connectivity index (χ1n) is 8.35. The van der Waals surface area contributed by atoms with E-state index in [9.17, 15) is 18.4 Å². The maximum atomic E-state index is 13.2. The molecule has 0 radical (unpaired) electrons. The van der Waals surface area contributed by atoms with Crippen molar-refractivity contribution in [2.24, 2.45) is 5.92 Å². The van der Waals surface area contributed by atoms with Crippen molar-refractivity contribution in [1.82, 2.24) is 0 Å². The minimum Gasteiger partial charge on any atom is -0.441 e. The number of hydrogen-bond donors (Lipinski definition) is 1. The third-order valence-electron chi connectivity index (χ3n) is 4.85. The van der Waals surface area contributed by atoms with Gasteiger partial charge in [0.15, 0.2) is 0 Å². The normalized spacial score (nSPS) is 19.0. The Labute approximate surface area is 163 Å². The van der Waals surface area contributed by atoms with E-state index in [0.717, 1.165) is 12.1 Å². The molecule has 3 aromatic rings. The molecule has 3 nitrogen and oxygen atoms in total. The highest BCUT2D eigenvalue weighted by Crippen LogP contribution is 2.47. The van der Waals surface area contributed by atoms with Crippen molar-refractivity contribution < 1.29 is 17.9 Å². The summed E-state index contributed by atoms with van der Waals surface area (Å²) in [5.74, 6) is -1.82. The molecule has 1 N–H and O–H groups in total. The molecule has 140 valence electrons. The molecule has 3 aromatic carbocycles. The van der Waals surface area contributed by atoms with Crippen LogP contribution in [0.2, 0.25) is 5.02 Å². The molecule has 4 rings (SSSR count). The third kappa shape index (κ3) is 2.88. The number of fused-ring (bicyclic) bond motifs is 3. The Morgan fingerprint density at radius 2 is 1.75 bits per heavy atom. The topological polar surface area (TPSA) is 56.9 Å². The van der Waals surface area contributed by atoms with E-state index in [1.54, 1.807) is 30.3 Å². The van der Waals surface area contributed by atoms with Crippen LogP contribution < -0.4 is 4.74 Å². The standard InChI is InChI=1S/C21H12ClF3N2O/c22-17-9-15-18(11-4-3-5-12(8-11)21(23,24)25)16(10-26)20(27)28-19(15)14-7-2-1-6-13(14)17/h1-9,16,18,27H. The Morgan fingerprint density at radius 3 is 2.43 bits per heavy atom. The fourth-order valence-corrected chi connectivity index (χ4v) is 3.87. The number of hydrogen-bond acceptors (Lipinski definition) is 3. The number of alkyl halides is 3. The van der Waals surface area contributed by atoms with Crippen LogP contribution in [0.15, 0.2) is 54.6 Å². The van der Waals surface area contributed by atoms with Gasteiger partial charge in [-0.05, 0) is 17.7 Å². The average Bonchev–Trinajstić information content (AvgIpc) is 2.67. The van der Waals surface area contributed by atoms with Gasteiger partial charge >= 0.3 is 6.18 Å². The number of nitrogens with one attached hydrogen (secondary N) is 1. The Kier molecular flexibility index (Phi) is 4.28. The van der Waals surface area contributed by atoms with E-state index in [2.05, 4.69) is 0 Å². The first-order valence-corrected chi connectivity index (χ1v) is 8.73. The highest BCUT2D eigenvalue weighted by molar-refractivity contribution is 6.36. The summed E-state index contributed by atoms with van der Waals surface area (Å²) in [6.45, 7) is 0. The average molecular weight is 401 g/mol. The van der Waals surface area contributed by atoms with Crippen molar-refractivity contribution >= 4 is 28.3 Å². The summed E-state index contributed by atoms with van der Waals surface area (Å²) in [6, 6.07) is 15.6. The number of ether oxygens (including phenoxy) is 1. The molecule has 0 fully saturated rings. The lowest BCUT2D eigenvalue weighted by molar-refractivity contribution is -0.137. The van der Waals surface area contributed by atoms with E-state index in [-0.39, 0.29) is 11.5 Å². The van der Waals surface area contributed by atoms with Gasteiger partial charge in [-0.1, -0.05) is 54.1 Å². The second-order valence-corrected chi connectivity index (χ2v) is 6.90. The van der Waals surface area contributed by atoms with E-state index < -0.39 is 23.6 Å². The second kappa shape index (κ2) is 6.54. The minimum absolute atomic E-state index is 0.280. The maximum Gasteiger partial charge on any atom is 0.416 e. The summed E-state index contributed by atoms with van der Waals surface area (Å²) in [5, 5.41) is 19.5. The Morgan fingerprint density at radius 1 is 1.04 bits per heavy atom. The molecule has 1 aliphatic rings. The number of halogens is 4. The lowest BCUT2D eigenvalue weighted by Crippen LogP contribution is -2.31. The predicted molar refractivity (Wildman–Crippen MR) is 99.7 cm³/mol. The van der Waals surface area contributed by atoms with Crippen LogP contribution in [-0.2, 0) is 6.18 Å². The lowest BCUT2D eigenvalue weighted by Gasteiger charge is -2.31. The fourth-order valence-electron chi connectivity index (χ4n) is 3.59. The summed E-state index contributed by atoms with van der Waals surface area (Å²) in [4.78, 5) is 0. The molecule has 0 saturated heterocycles. The van der Waals surface area contributed by atoms with Crippen molar-refractivity contribution in [2.45, 2.75) is 12.1 Å². The zero-order valence-corrected chi connectivity index (χ0v) is 15.0. The SMILES string of the molecule is N#CC1C(=N)Oc2c(cc(Cl)c3ccccc23)C1c1cccc(C(F)(F)F)c1. The minimum atomic E-state index is -4.51.